The molecule has 4 aliphatic heterocycles. The highest BCUT2D eigenvalue weighted by Gasteiger charge is 2.62. The third-order valence-corrected chi connectivity index (χ3v) is 21.2. The number of benzene rings is 6. The number of carbonyl (C=O) groups is 4. The van der Waals surface area contributed by atoms with Gasteiger partial charge in [0.2, 0.25) is 11.8 Å². The first-order valence-corrected chi connectivity index (χ1v) is 36.2. The number of halogens is 4. The van der Waals surface area contributed by atoms with Crippen molar-refractivity contribution in [3.63, 3.8) is 0 Å². The summed E-state index contributed by atoms with van der Waals surface area (Å²) in [6.45, 7) is 31.5. The van der Waals surface area contributed by atoms with E-state index < -0.39 is 22.2 Å². The molecule has 2 fully saturated rings. The van der Waals surface area contributed by atoms with Gasteiger partial charge in [-0.05, 0) is 159 Å². The summed E-state index contributed by atoms with van der Waals surface area (Å²) in [6.07, 6.45) is 0. The molecule has 100 heavy (non-hydrogen) atoms. The fraction of sp³-hybridized carbons (Fsp3) is 0.462. The lowest BCUT2D eigenvalue weighted by Gasteiger charge is -2.47. The van der Waals surface area contributed by atoms with Gasteiger partial charge in [-0.3, -0.25) is 39.2 Å². The Balaban J connectivity index is 0.678. The SMILES string of the molecule is CCOc1cc(C(C)(C)C)ccc1C1=N[C@](C)(c2ccc(Cl)cc2)[C@](C)(c2ccc(Cl)cc2)N1C(=O)N1CCN(CC(=O)NCCOCCOCCNC(=O)CN2CCN(C(=O)N3C(c4ccc(C(C)(C)C)cc4OCC)=N[C@](C)(c4ccc(Cl)cc4)[C@]3(C)c3ccc(Cl)cc3)CC2)CC1. The lowest BCUT2D eigenvalue weighted by atomic mass is 9.71. The van der Waals surface area contributed by atoms with E-state index in [1.165, 1.54) is 0 Å². The van der Waals surface area contributed by atoms with E-state index in [2.05, 4.69) is 104 Å². The fourth-order valence-corrected chi connectivity index (χ4v) is 14.4. The van der Waals surface area contributed by atoms with Crippen molar-refractivity contribution >= 4 is 82.0 Å². The summed E-state index contributed by atoms with van der Waals surface area (Å²) in [5.74, 6) is 1.95. The largest absolute Gasteiger partial charge is 0.493 e. The van der Waals surface area contributed by atoms with Gasteiger partial charge in [-0.15, -0.1) is 0 Å². The number of nitrogens with one attached hydrogen (secondary N) is 2. The topological polar surface area (TPSA) is 173 Å². The molecular weight excluding hydrogens is 1350 g/mol. The maximum Gasteiger partial charge on any atom is 0.326 e. The van der Waals surface area contributed by atoms with Crippen LogP contribution in [0, 0.1) is 0 Å². The van der Waals surface area contributed by atoms with Gasteiger partial charge in [0.25, 0.3) is 0 Å². The molecule has 4 aliphatic rings. The van der Waals surface area contributed by atoms with Crippen molar-refractivity contribution in [2.24, 2.45) is 9.98 Å². The number of rotatable bonds is 23. The van der Waals surface area contributed by atoms with Gasteiger partial charge in [0.1, 0.15) is 45.3 Å². The lowest BCUT2D eigenvalue weighted by Crippen LogP contribution is -2.61. The molecule has 0 bridgehead atoms. The Morgan fingerprint density at radius 2 is 0.750 bits per heavy atom. The molecule has 0 unspecified atom stereocenters. The molecule has 18 nitrogen and oxygen atoms in total. The van der Waals surface area contributed by atoms with Crippen molar-refractivity contribution in [3.05, 3.63) is 198 Å². The highest BCUT2D eigenvalue weighted by atomic mass is 35.5. The monoisotopic (exact) mass is 1440 g/mol. The zero-order chi connectivity index (χ0) is 72.0. The molecule has 2 saturated heterocycles. The first kappa shape index (κ1) is 75.4. The van der Waals surface area contributed by atoms with Crippen LogP contribution in [0.3, 0.4) is 0 Å². The van der Waals surface area contributed by atoms with Crippen molar-refractivity contribution in [2.75, 3.05) is 118 Å². The van der Waals surface area contributed by atoms with E-state index in [4.69, 9.17) is 75.3 Å². The Bertz CT molecular complexity index is 3690. The van der Waals surface area contributed by atoms with Crippen LogP contribution >= 0.6 is 46.4 Å². The van der Waals surface area contributed by atoms with Gasteiger partial charge in [0, 0.05) is 85.5 Å². The molecule has 0 aliphatic carbocycles. The van der Waals surface area contributed by atoms with Crippen molar-refractivity contribution in [1.29, 1.82) is 0 Å². The quantitative estimate of drug-likeness (QED) is 0.0588. The lowest BCUT2D eigenvalue weighted by molar-refractivity contribution is -0.123. The molecule has 4 heterocycles. The minimum atomic E-state index is -1.08. The summed E-state index contributed by atoms with van der Waals surface area (Å²) in [5, 5.41) is 8.26. The Morgan fingerprint density at radius 3 is 1.05 bits per heavy atom. The van der Waals surface area contributed by atoms with Gasteiger partial charge in [0.05, 0.1) is 63.9 Å². The molecule has 0 aromatic heterocycles. The Kier molecular flexibility index (Phi) is 23.8. The molecule has 6 amide bonds. The van der Waals surface area contributed by atoms with Gasteiger partial charge in [-0.2, -0.15) is 0 Å². The van der Waals surface area contributed by atoms with E-state index in [0.29, 0.717) is 146 Å². The number of ether oxygens (including phenoxy) is 4. The Hall–Kier alpha value is -7.26. The second kappa shape index (κ2) is 31.5. The molecule has 0 saturated carbocycles. The van der Waals surface area contributed by atoms with Crippen molar-refractivity contribution in [1.82, 2.24) is 40.0 Å². The summed E-state index contributed by atoms with van der Waals surface area (Å²) < 4.78 is 24.3. The van der Waals surface area contributed by atoms with Crippen molar-refractivity contribution in [3.8, 4) is 11.5 Å². The van der Waals surface area contributed by atoms with Crippen LogP contribution in [0.5, 0.6) is 11.5 Å². The number of carbonyl (C=O) groups excluding carboxylic acids is 4. The minimum absolute atomic E-state index is 0.145. The molecule has 4 atom stereocenters. The summed E-state index contributed by atoms with van der Waals surface area (Å²) in [6, 6.07) is 42.4. The highest BCUT2D eigenvalue weighted by molar-refractivity contribution is 6.31. The second-order valence-electron chi connectivity index (χ2n) is 28.7. The van der Waals surface area contributed by atoms with Gasteiger partial charge < -0.3 is 39.4 Å². The average Bonchev–Trinajstić information content (AvgIpc) is 1.54. The van der Waals surface area contributed by atoms with Crippen LogP contribution in [-0.4, -0.2) is 183 Å². The Labute approximate surface area is 610 Å². The zero-order valence-corrected chi connectivity index (χ0v) is 62.8. The molecule has 0 spiro atoms. The normalized spacial score (nSPS) is 21.4. The van der Waals surface area contributed by atoms with Crippen molar-refractivity contribution in [2.45, 2.75) is 116 Å². The van der Waals surface area contributed by atoms with Crippen LogP contribution in [0.25, 0.3) is 0 Å². The third kappa shape index (κ3) is 16.0. The van der Waals surface area contributed by atoms with E-state index in [1.807, 2.05) is 152 Å². The zero-order valence-electron chi connectivity index (χ0n) is 59.8. The number of urea groups is 2. The van der Waals surface area contributed by atoms with Gasteiger partial charge in [0.15, 0.2) is 0 Å². The average molecular weight is 1440 g/mol. The molecule has 2 N–H and O–H groups in total. The predicted octanol–water partition coefficient (Wildman–Crippen LogP) is 13.9. The molecule has 534 valence electrons. The van der Waals surface area contributed by atoms with Crippen LogP contribution in [0.2, 0.25) is 20.1 Å². The van der Waals surface area contributed by atoms with E-state index in [1.54, 1.807) is 0 Å². The smallest absolute Gasteiger partial charge is 0.326 e. The summed E-state index contributed by atoms with van der Waals surface area (Å²) >= 11 is 26.0. The maximum atomic E-state index is 15.6. The van der Waals surface area contributed by atoms with Crippen LogP contribution in [0.4, 0.5) is 9.59 Å². The summed E-state index contributed by atoms with van der Waals surface area (Å²) in [4.78, 5) is 80.4. The molecule has 6 aromatic rings. The number of aliphatic imine (C=N–C) groups is 2. The molecular formula is C78H96Cl4N10O8. The molecule has 0 radical (unpaired) electrons. The number of piperazine rings is 2. The van der Waals surface area contributed by atoms with E-state index in [-0.39, 0.29) is 61.0 Å². The van der Waals surface area contributed by atoms with Crippen molar-refractivity contribution < 1.29 is 38.1 Å². The summed E-state index contributed by atoms with van der Waals surface area (Å²) in [7, 11) is 0. The molecule has 22 heteroatoms. The van der Waals surface area contributed by atoms with Gasteiger partial charge >= 0.3 is 12.1 Å². The fourth-order valence-electron chi connectivity index (χ4n) is 13.9. The number of amides is 6. The number of hydrogen-bond acceptors (Lipinski definition) is 12. The number of nitrogens with zero attached hydrogens (tertiary/aromatic N) is 8. The van der Waals surface area contributed by atoms with Crippen LogP contribution in [0.15, 0.2) is 143 Å². The van der Waals surface area contributed by atoms with E-state index in [0.717, 1.165) is 33.4 Å². The first-order valence-electron chi connectivity index (χ1n) is 34.6. The third-order valence-electron chi connectivity index (χ3n) is 20.2. The summed E-state index contributed by atoms with van der Waals surface area (Å²) in [5.41, 5.74) is 2.49. The second-order valence-corrected chi connectivity index (χ2v) is 30.4. The van der Waals surface area contributed by atoms with E-state index >= 15 is 9.59 Å². The Morgan fingerprint density at radius 1 is 0.440 bits per heavy atom. The van der Waals surface area contributed by atoms with Gasteiger partial charge in [-0.1, -0.05) is 149 Å². The number of amidine groups is 2. The first-order chi connectivity index (χ1) is 47.5. The van der Waals surface area contributed by atoms with Gasteiger partial charge in [-0.25, -0.2) is 9.59 Å². The van der Waals surface area contributed by atoms with E-state index in [9.17, 15) is 9.59 Å². The maximum absolute atomic E-state index is 15.6. The highest BCUT2D eigenvalue weighted by Crippen LogP contribution is 2.56. The molecule has 6 aromatic carbocycles. The molecule has 10 rings (SSSR count). The van der Waals surface area contributed by atoms with Crippen LogP contribution in [-0.2, 0) is 52.0 Å². The number of hydrogen-bond donors (Lipinski definition) is 2. The predicted molar refractivity (Wildman–Crippen MR) is 399 cm³/mol. The van der Waals surface area contributed by atoms with Crippen LogP contribution < -0.4 is 20.1 Å². The van der Waals surface area contributed by atoms with Crippen LogP contribution in [0.1, 0.15) is 128 Å². The minimum Gasteiger partial charge on any atom is -0.493 e. The standard InChI is InChI=1S/C78H96Cl4N10O8/c1-13-99-65-49-57(73(3,4)5)23-33-63(65)69-85-75(9,53-15-25-59(79)26-16-53)77(11,55-19-29-61(81)30-20-55)91(69)71(95)89-41-37-87(38-42-89)51-67(93)83-35-45-97-47-48-98-46-36-84-68(94)52-88-39-43-90(44-40-88)72(96)92-70(64-34-24-58(74(6,7)8)50-66(64)100-14-2)86-76(10,54-17-27-60(80)28-18-54)78(92,12)56-21-31-62(82)32-22-56/h15-34,49-50H,13-14,35-48,51-52H2,1-12H3,(H,83,93)(H,84,94)/t75-,76-,77+,78+/m1/s1.